The summed E-state index contributed by atoms with van der Waals surface area (Å²) in [6.45, 7) is 9.56. The minimum atomic E-state index is -0.0205. The molecule has 0 saturated carbocycles. The number of anilines is 2. The quantitative estimate of drug-likeness (QED) is 0.372. The van der Waals surface area contributed by atoms with Crippen LogP contribution < -0.4 is 5.32 Å². The molecule has 1 N–H and O–H groups in total. The number of carbonyl (C=O) groups excluding carboxylic acids is 1. The summed E-state index contributed by atoms with van der Waals surface area (Å²) in [6.07, 6.45) is 1.44. The molecule has 2 aromatic carbocycles. The fourth-order valence-electron chi connectivity index (χ4n) is 3.92. The fourth-order valence-corrected chi connectivity index (χ4v) is 3.92. The fraction of sp³-hybridized carbons (Fsp3) is 0.174. The molecule has 4 aromatic rings. The third kappa shape index (κ3) is 3.94. The van der Waals surface area contributed by atoms with Gasteiger partial charge in [-0.2, -0.15) is 4.52 Å². The lowest BCUT2D eigenvalue weighted by Crippen LogP contribution is -2.50. The van der Waals surface area contributed by atoms with E-state index in [-0.39, 0.29) is 5.91 Å². The number of para-hydroxylation sites is 2. The Hall–Kier alpha value is -4.67. The lowest BCUT2D eigenvalue weighted by atomic mass is 10.1. The van der Waals surface area contributed by atoms with Crippen molar-refractivity contribution in [2.75, 3.05) is 31.5 Å². The van der Waals surface area contributed by atoms with Crippen molar-refractivity contribution in [1.82, 2.24) is 34.8 Å². The van der Waals surface area contributed by atoms with Gasteiger partial charge in [-0.1, -0.05) is 18.7 Å². The van der Waals surface area contributed by atoms with Gasteiger partial charge in [-0.15, -0.1) is 5.10 Å². The van der Waals surface area contributed by atoms with Gasteiger partial charge in [-0.05, 0) is 53.5 Å². The van der Waals surface area contributed by atoms with Gasteiger partial charge in [0, 0.05) is 43.6 Å². The van der Waals surface area contributed by atoms with Gasteiger partial charge in [0.1, 0.15) is 0 Å². The first-order chi connectivity index (χ1) is 16.7. The van der Waals surface area contributed by atoms with E-state index in [9.17, 15) is 4.79 Å². The predicted molar refractivity (Wildman–Crippen MR) is 130 cm³/mol. The molecule has 1 amide bonds. The average molecular weight is 454 g/mol. The van der Waals surface area contributed by atoms with Crippen LogP contribution in [0.3, 0.4) is 0 Å². The molecule has 0 spiro atoms. The molecule has 0 radical (unpaired) electrons. The van der Waals surface area contributed by atoms with Gasteiger partial charge in [0.05, 0.1) is 11.0 Å². The molecular formula is C23H22N10O. The molecule has 5 rings (SSSR count). The number of hydrogen-bond acceptors (Lipinski definition) is 7. The number of fused-ring (bicyclic) bond motifs is 3. The number of nitrogens with one attached hydrogen (secondary N) is 1. The van der Waals surface area contributed by atoms with Crippen molar-refractivity contribution in [3.63, 3.8) is 0 Å². The number of aromatic nitrogens is 5. The molecule has 0 bridgehead atoms. The first kappa shape index (κ1) is 21.2. The predicted octanol–water partition coefficient (Wildman–Crippen LogP) is 2.37. The van der Waals surface area contributed by atoms with E-state index in [1.54, 1.807) is 16.6 Å². The Morgan fingerprint density at radius 3 is 2.50 bits per heavy atom. The highest BCUT2D eigenvalue weighted by Gasteiger charge is 2.23. The maximum atomic E-state index is 13.0. The van der Waals surface area contributed by atoms with Crippen molar-refractivity contribution in [3.8, 4) is 0 Å². The molecule has 11 heteroatoms. The summed E-state index contributed by atoms with van der Waals surface area (Å²) in [5.41, 5.74) is 3.49. The van der Waals surface area contributed by atoms with E-state index in [0.29, 0.717) is 49.2 Å². The third-order valence-electron chi connectivity index (χ3n) is 5.62. The van der Waals surface area contributed by atoms with Gasteiger partial charge < -0.3 is 15.1 Å². The highest BCUT2D eigenvalue weighted by molar-refractivity contribution is 5.95. The maximum absolute atomic E-state index is 13.0. The van der Waals surface area contributed by atoms with E-state index < -0.39 is 0 Å². The number of rotatable bonds is 4. The Morgan fingerprint density at radius 1 is 1.03 bits per heavy atom. The smallest absolute Gasteiger partial charge is 0.253 e. The first-order valence-electron chi connectivity index (χ1n) is 10.7. The molecule has 34 heavy (non-hydrogen) atoms. The summed E-state index contributed by atoms with van der Waals surface area (Å²) in [4.78, 5) is 29.5. The molecule has 0 atom stereocenters. The number of nitrogens with zero attached hydrogens (tertiary/aromatic N) is 9. The van der Waals surface area contributed by atoms with Gasteiger partial charge >= 0.3 is 0 Å². The number of tetrazole rings is 1. The van der Waals surface area contributed by atoms with Crippen molar-refractivity contribution in [2.24, 2.45) is 9.98 Å². The Bertz CT molecular complexity index is 1400. The molecule has 0 aliphatic carbocycles. The zero-order valence-electron chi connectivity index (χ0n) is 18.4. The Morgan fingerprint density at radius 2 is 1.76 bits per heavy atom. The van der Waals surface area contributed by atoms with Gasteiger partial charge in [0.15, 0.2) is 5.82 Å². The second kappa shape index (κ2) is 9.06. The van der Waals surface area contributed by atoms with Crippen LogP contribution in [0.2, 0.25) is 0 Å². The van der Waals surface area contributed by atoms with Crippen LogP contribution in [-0.4, -0.2) is 79.6 Å². The minimum absolute atomic E-state index is 0.0205. The minimum Gasteiger partial charge on any atom is -0.337 e. The van der Waals surface area contributed by atoms with Crippen molar-refractivity contribution < 1.29 is 4.79 Å². The zero-order valence-corrected chi connectivity index (χ0v) is 18.4. The zero-order chi connectivity index (χ0) is 23.5. The monoisotopic (exact) mass is 454 g/mol. The van der Waals surface area contributed by atoms with Crippen LogP contribution in [0.4, 0.5) is 11.5 Å². The van der Waals surface area contributed by atoms with Crippen molar-refractivity contribution in [2.45, 2.75) is 0 Å². The van der Waals surface area contributed by atoms with Gasteiger partial charge in [0.2, 0.25) is 11.6 Å². The maximum Gasteiger partial charge on any atom is 0.253 e. The molecular weight excluding hydrogens is 432 g/mol. The molecule has 1 aliphatic heterocycles. The number of guanidine groups is 1. The highest BCUT2D eigenvalue weighted by Crippen LogP contribution is 2.23. The summed E-state index contributed by atoms with van der Waals surface area (Å²) in [6, 6.07) is 14.9. The highest BCUT2D eigenvalue weighted by atomic mass is 16.2. The summed E-state index contributed by atoms with van der Waals surface area (Å²) in [5.74, 6) is 1.04. The summed E-state index contributed by atoms with van der Waals surface area (Å²) >= 11 is 0. The van der Waals surface area contributed by atoms with Crippen LogP contribution in [0.25, 0.3) is 16.7 Å². The van der Waals surface area contributed by atoms with Crippen LogP contribution in [0.1, 0.15) is 10.4 Å². The van der Waals surface area contributed by atoms with Crippen molar-refractivity contribution >= 4 is 46.8 Å². The van der Waals surface area contributed by atoms with Crippen LogP contribution in [0, 0.1) is 0 Å². The van der Waals surface area contributed by atoms with Crippen LogP contribution in [0.5, 0.6) is 0 Å². The Kier molecular flexibility index (Phi) is 5.65. The third-order valence-corrected chi connectivity index (χ3v) is 5.62. The summed E-state index contributed by atoms with van der Waals surface area (Å²) in [5, 5.41) is 15.2. The number of carbonyl (C=O) groups is 1. The Labute approximate surface area is 195 Å². The lowest BCUT2D eigenvalue weighted by molar-refractivity contribution is 0.0691. The normalized spacial score (nSPS) is 14.4. The second-order valence-corrected chi connectivity index (χ2v) is 7.61. The van der Waals surface area contributed by atoms with Crippen LogP contribution in [-0.2, 0) is 0 Å². The molecule has 1 aliphatic rings. The topological polar surface area (TPSA) is 116 Å². The molecule has 1 saturated heterocycles. The Balaban J connectivity index is 1.29. The van der Waals surface area contributed by atoms with Gasteiger partial charge in [-0.3, -0.25) is 4.79 Å². The van der Waals surface area contributed by atoms with E-state index in [2.05, 4.69) is 49.1 Å². The summed E-state index contributed by atoms with van der Waals surface area (Å²) < 4.78 is 1.65. The molecule has 170 valence electrons. The largest absolute Gasteiger partial charge is 0.337 e. The molecule has 3 heterocycles. The standard InChI is InChI=1S/C23H22N10O/c1-3-25-23(24-2)32-14-12-31(13-15-32)22(34)16-8-10-17(11-9-16)26-20-21-28-29-30-33(21)19-7-5-4-6-18(19)27-20/h3-11H,1-2,12-15H2,(H,26,27). The van der Waals surface area contributed by atoms with Crippen LogP contribution in [0.15, 0.2) is 71.3 Å². The van der Waals surface area contributed by atoms with Crippen molar-refractivity contribution in [1.29, 1.82) is 0 Å². The van der Waals surface area contributed by atoms with E-state index in [4.69, 9.17) is 0 Å². The van der Waals surface area contributed by atoms with Gasteiger partial charge in [-0.25, -0.2) is 15.0 Å². The average Bonchev–Trinajstić information content (AvgIpc) is 3.38. The van der Waals surface area contributed by atoms with Gasteiger partial charge in [0.25, 0.3) is 5.91 Å². The molecule has 1 fully saturated rings. The van der Waals surface area contributed by atoms with Crippen molar-refractivity contribution in [3.05, 3.63) is 66.9 Å². The second-order valence-electron chi connectivity index (χ2n) is 7.61. The number of hydrogen-bond donors (Lipinski definition) is 1. The number of aliphatic imine (C=N–C) groups is 2. The molecule has 0 unspecified atom stereocenters. The van der Waals surface area contributed by atoms with E-state index >= 15 is 0 Å². The number of amides is 1. The number of benzene rings is 2. The van der Waals surface area contributed by atoms with E-state index in [1.165, 1.54) is 6.20 Å². The van der Waals surface area contributed by atoms with E-state index in [0.717, 1.165) is 16.7 Å². The SMILES string of the molecule is C=CN=C(N=C)N1CCN(C(=O)c2ccc(Nc3nc4ccccc4n4nnnc34)cc2)CC1. The first-order valence-corrected chi connectivity index (χ1v) is 10.7. The molecule has 11 nitrogen and oxygen atoms in total. The lowest BCUT2D eigenvalue weighted by Gasteiger charge is -2.35. The number of piperazine rings is 1. The van der Waals surface area contributed by atoms with Crippen LogP contribution >= 0.6 is 0 Å². The van der Waals surface area contributed by atoms with E-state index in [1.807, 2.05) is 46.2 Å². The summed E-state index contributed by atoms with van der Waals surface area (Å²) in [7, 11) is 0. The molecule has 2 aromatic heterocycles.